The zero-order valence-corrected chi connectivity index (χ0v) is 20.4. The number of hydrogen-bond acceptors (Lipinski definition) is 9. The highest BCUT2D eigenvalue weighted by Crippen LogP contribution is 2.36. The summed E-state index contributed by atoms with van der Waals surface area (Å²) < 4.78 is 21.0. The minimum atomic E-state index is -0.722. The number of anilines is 1. The number of Topliss-reactive ketones (excluding diaryl/α,β-unsaturated/α-hetero) is 1. The van der Waals surface area contributed by atoms with E-state index >= 15 is 0 Å². The highest BCUT2D eigenvalue weighted by molar-refractivity contribution is 7.12. The van der Waals surface area contributed by atoms with Crippen molar-refractivity contribution >= 4 is 40.7 Å². The van der Waals surface area contributed by atoms with Gasteiger partial charge in [-0.2, -0.15) is 0 Å². The number of carbonyl (C=O) groups is 4. The van der Waals surface area contributed by atoms with E-state index in [4.69, 9.17) is 18.9 Å². The molecule has 0 aliphatic carbocycles. The summed E-state index contributed by atoms with van der Waals surface area (Å²) in [4.78, 5) is 51.7. The van der Waals surface area contributed by atoms with Crippen LogP contribution < -0.4 is 19.1 Å². The monoisotopic (exact) mass is 509 g/mol. The molecular weight excluding hydrogens is 486 g/mol. The molecule has 0 radical (unpaired) electrons. The first-order chi connectivity index (χ1) is 17.4. The number of thiophene rings is 1. The normalized spacial score (nSPS) is 14.9. The number of methoxy groups -OCH3 is 2. The van der Waals surface area contributed by atoms with Crippen LogP contribution in [0.1, 0.15) is 26.5 Å². The molecule has 1 aliphatic heterocycles. The summed E-state index contributed by atoms with van der Waals surface area (Å²) in [6, 6.07) is 14.4. The number of hydrogen-bond donors (Lipinski definition) is 0. The lowest BCUT2D eigenvalue weighted by molar-refractivity contribution is -0.147. The van der Waals surface area contributed by atoms with Crippen LogP contribution in [0.25, 0.3) is 0 Å². The van der Waals surface area contributed by atoms with Crippen LogP contribution in [-0.2, 0) is 14.3 Å². The van der Waals surface area contributed by atoms with Gasteiger partial charge in [0.1, 0.15) is 22.1 Å². The van der Waals surface area contributed by atoms with E-state index in [1.54, 1.807) is 35.7 Å². The number of ether oxygens (including phenoxy) is 4. The third-order valence-electron chi connectivity index (χ3n) is 5.59. The standard InChI is InChI=1S/C26H23NO8S/c1-32-19-9-10-22(33-2)20(13-19)27-14-17(12-24(27)29)25(30)34-15-21(28)16-5-7-18(8-6-16)35-26(31)23-4-3-11-36-23/h3-11,13,17H,12,14-15H2,1-2H3/t17-/m1/s1. The van der Waals surface area contributed by atoms with Gasteiger partial charge < -0.3 is 23.8 Å². The van der Waals surface area contributed by atoms with Crippen molar-refractivity contribution in [1.29, 1.82) is 0 Å². The van der Waals surface area contributed by atoms with Gasteiger partial charge in [-0.3, -0.25) is 14.4 Å². The Bertz CT molecular complexity index is 1270. The number of rotatable bonds is 9. The topological polar surface area (TPSA) is 108 Å². The van der Waals surface area contributed by atoms with Gasteiger partial charge in [-0.1, -0.05) is 6.07 Å². The highest BCUT2D eigenvalue weighted by Gasteiger charge is 2.37. The first kappa shape index (κ1) is 24.9. The second-order valence-corrected chi connectivity index (χ2v) is 8.81. The van der Waals surface area contributed by atoms with E-state index in [-0.39, 0.29) is 18.9 Å². The zero-order valence-electron chi connectivity index (χ0n) is 19.6. The lowest BCUT2D eigenvalue weighted by atomic mass is 10.1. The fourth-order valence-corrected chi connectivity index (χ4v) is 4.30. The quantitative estimate of drug-likeness (QED) is 0.244. The Labute approximate surface area is 211 Å². The number of esters is 2. The Morgan fingerprint density at radius 2 is 1.75 bits per heavy atom. The van der Waals surface area contributed by atoms with Crippen molar-refractivity contribution in [2.24, 2.45) is 5.92 Å². The van der Waals surface area contributed by atoms with Crippen LogP contribution in [0.3, 0.4) is 0 Å². The van der Waals surface area contributed by atoms with Gasteiger partial charge in [-0.25, -0.2) is 4.79 Å². The maximum Gasteiger partial charge on any atom is 0.353 e. The summed E-state index contributed by atoms with van der Waals surface area (Å²) in [7, 11) is 3.00. The predicted octanol–water partition coefficient (Wildman–Crippen LogP) is 3.76. The second kappa shape index (κ2) is 11.0. The Morgan fingerprint density at radius 1 is 1.00 bits per heavy atom. The SMILES string of the molecule is COc1ccc(OC)c(N2C[C@H](C(=O)OCC(=O)c3ccc(OC(=O)c4cccs4)cc3)CC2=O)c1. The first-order valence-electron chi connectivity index (χ1n) is 11.0. The van der Waals surface area contributed by atoms with Crippen molar-refractivity contribution < 1.29 is 38.1 Å². The molecule has 1 fully saturated rings. The minimum Gasteiger partial charge on any atom is -0.497 e. The number of carbonyl (C=O) groups excluding carboxylic acids is 4. The van der Waals surface area contributed by atoms with Gasteiger partial charge in [0.25, 0.3) is 0 Å². The van der Waals surface area contributed by atoms with Crippen LogP contribution in [0.4, 0.5) is 5.69 Å². The van der Waals surface area contributed by atoms with E-state index in [1.165, 1.54) is 54.7 Å². The van der Waals surface area contributed by atoms with Gasteiger partial charge in [0, 0.05) is 24.6 Å². The molecule has 2 heterocycles. The molecule has 1 amide bonds. The van der Waals surface area contributed by atoms with Gasteiger partial charge >= 0.3 is 11.9 Å². The van der Waals surface area contributed by atoms with Gasteiger partial charge in [-0.15, -0.1) is 11.3 Å². The summed E-state index contributed by atoms with van der Waals surface area (Å²) in [5.41, 5.74) is 0.789. The van der Waals surface area contributed by atoms with Crippen LogP contribution in [0.5, 0.6) is 17.2 Å². The number of benzene rings is 2. The van der Waals surface area contributed by atoms with E-state index < -0.39 is 30.2 Å². The van der Waals surface area contributed by atoms with Crippen LogP contribution in [0.2, 0.25) is 0 Å². The molecule has 186 valence electrons. The van der Waals surface area contributed by atoms with Crippen molar-refractivity contribution in [1.82, 2.24) is 0 Å². The van der Waals surface area contributed by atoms with Crippen molar-refractivity contribution in [3.63, 3.8) is 0 Å². The van der Waals surface area contributed by atoms with Crippen LogP contribution in [0, 0.1) is 5.92 Å². The van der Waals surface area contributed by atoms with Gasteiger partial charge in [0.2, 0.25) is 5.91 Å². The summed E-state index contributed by atoms with van der Waals surface area (Å²) in [6.07, 6.45) is -0.0440. The largest absolute Gasteiger partial charge is 0.497 e. The Hall–Kier alpha value is -4.18. The molecule has 1 atom stereocenters. The number of nitrogens with zero attached hydrogens (tertiary/aromatic N) is 1. The van der Waals surface area contributed by atoms with Crippen molar-refractivity contribution in [3.05, 3.63) is 70.4 Å². The number of ketones is 1. The molecule has 0 unspecified atom stereocenters. The minimum absolute atomic E-state index is 0.0440. The van der Waals surface area contributed by atoms with E-state index in [0.717, 1.165) is 0 Å². The molecule has 4 rings (SSSR count). The first-order valence-corrected chi connectivity index (χ1v) is 11.9. The number of amides is 1. The molecule has 9 nitrogen and oxygen atoms in total. The van der Waals surface area contributed by atoms with Gasteiger partial charge in [0.15, 0.2) is 12.4 Å². The molecule has 2 aromatic carbocycles. The van der Waals surface area contributed by atoms with E-state index in [0.29, 0.717) is 33.4 Å². The Kier molecular flexibility index (Phi) is 7.65. The molecule has 0 N–H and O–H groups in total. The van der Waals surface area contributed by atoms with E-state index in [2.05, 4.69) is 0 Å². The van der Waals surface area contributed by atoms with Crippen molar-refractivity contribution in [2.45, 2.75) is 6.42 Å². The predicted molar refractivity (Wildman–Crippen MR) is 131 cm³/mol. The molecule has 36 heavy (non-hydrogen) atoms. The fourth-order valence-electron chi connectivity index (χ4n) is 3.70. The second-order valence-electron chi connectivity index (χ2n) is 7.87. The zero-order chi connectivity index (χ0) is 25.7. The summed E-state index contributed by atoms with van der Waals surface area (Å²) >= 11 is 1.27. The lowest BCUT2D eigenvalue weighted by Crippen LogP contribution is -2.27. The van der Waals surface area contributed by atoms with E-state index in [1.807, 2.05) is 0 Å². The van der Waals surface area contributed by atoms with Gasteiger partial charge in [0.05, 0.1) is 25.8 Å². The van der Waals surface area contributed by atoms with Crippen LogP contribution >= 0.6 is 11.3 Å². The maximum absolute atomic E-state index is 12.6. The molecule has 1 aromatic heterocycles. The molecule has 3 aromatic rings. The van der Waals surface area contributed by atoms with Crippen molar-refractivity contribution in [2.75, 3.05) is 32.3 Å². The highest BCUT2D eigenvalue weighted by atomic mass is 32.1. The fraction of sp³-hybridized carbons (Fsp3) is 0.231. The molecule has 10 heteroatoms. The Morgan fingerprint density at radius 3 is 2.42 bits per heavy atom. The Balaban J connectivity index is 1.32. The smallest absolute Gasteiger partial charge is 0.353 e. The third-order valence-corrected chi connectivity index (χ3v) is 6.44. The van der Waals surface area contributed by atoms with E-state index in [9.17, 15) is 19.2 Å². The van der Waals surface area contributed by atoms with Crippen LogP contribution in [-0.4, -0.2) is 51.0 Å². The molecule has 0 bridgehead atoms. The van der Waals surface area contributed by atoms with Crippen molar-refractivity contribution in [3.8, 4) is 17.2 Å². The summed E-state index contributed by atoms with van der Waals surface area (Å²) in [6.45, 7) is -0.375. The summed E-state index contributed by atoms with van der Waals surface area (Å²) in [5.74, 6) is -1.22. The molecule has 1 aliphatic rings. The summed E-state index contributed by atoms with van der Waals surface area (Å²) in [5, 5.41) is 1.77. The van der Waals surface area contributed by atoms with Gasteiger partial charge in [-0.05, 0) is 47.8 Å². The average Bonchev–Trinajstić information content (AvgIpc) is 3.57. The van der Waals surface area contributed by atoms with Crippen LogP contribution in [0.15, 0.2) is 60.0 Å². The third kappa shape index (κ3) is 5.55. The maximum atomic E-state index is 12.6. The lowest BCUT2D eigenvalue weighted by Gasteiger charge is -2.20. The molecule has 0 saturated carbocycles. The average molecular weight is 510 g/mol. The molecule has 0 spiro atoms. The molecule has 1 saturated heterocycles. The molecular formula is C26H23NO8S.